The fraction of sp³-hybridized carbons (Fsp3) is 0.667. The molecule has 0 bridgehead atoms. The van der Waals surface area contributed by atoms with Gasteiger partial charge in [-0.05, 0) is 74.7 Å². The Balaban J connectivity index is 1.50. The van der Waals surface area contributed by atoms with Crippen molar-refractivity contribution in [3.8, 4) is 0 Å². The summed E-state index contributed by atoms with van der Waals surface area (Å²) in [5, 5.41) is 3.31. The maximum absolute atomic E-state index is 12.4. The van der Waals surface area contributed by atoms with Crippen LogP contribution in [0.25, 0.3) is 0 Å². The zero-order valence-electron chi connectivity index (χ0n) is 15.5. The molecule has 1 saturated heterocycles. The summed E-state index contributed by atoms with van der Waals surface area (Å²) in [6.45, 7) is 10.5. The first-order chi connectivity index (χ1) is 11.4. The molecule has 132 valence electrons. The topological polar surface area (TPSA) is 32.3 Å². The largest absolute Gasteiger partial charge is 0.349 e. The van der Waals surface area contributed by atoms with Gasteiger partial charge < -0.3 is 10.2 Å². The lowest BCUT2D eigenvalue weighted by atomic mass is 9.59. The predicted octanol–water partition coefficient (Wildman–Crippen LogP) is 4.10. The van der Waals surface area contributed by atoms with Crippen LogP contribution in [0.5, 0.6) is 0 Å². The molecule has 3 nitrogen and oxygen atoms in total. The second-order valence-electron chi connectivity index (χ2n) is 8.95. The van der Waals surface area contributed by atoms with E-state index in [-0.39, 0.29) is 5.91 Å². The van der Waals surface area contributed by atoms with Gasteiger partial charge in [-0.3, -0.25) is 4.79 Å². The fourth-order valence-corrected chi connectivity index (χ4v) is 4.07. The standard InChI is InChI=1S/C21H32N2O/c1-20(2,3)11-14-23-15-12-21(13-16-23)10-9-18(21)22-19(24)17-7-5-4-6-8-17/h4-8,18H,9-16H2,1-3H3,(H,22,24). The summed E-state index contributed by atoms with van der Waals surface area (Å²) in [4.78, 5) is 15.0. The van der Waals surface area contributed by atoms with Gasteiger partial charge in [-0.25, -0.2) is 0 Å². The molecule has 1 saturated carbocycles. The van der Waals surface area contributed by atoms with Crippen LogP contribution < -0.4 is 5.32 Å². The first-order valence-electron chi connectivity index (χ1n) is 9.46. The van der Waals surface area contributed by atoms with E-state index in [9.17, 15) is 4.79 Å². The number of nitrogens with one attached hydrogen (secondary N) is 1. The average molecular weight is 329 g/mol. The number of hydrogen-bond donors (Lipinski definition) is 1. The highest BCUT2D eigenvalue weighted by atomic mass is 16.1. The molecule has 1 N–H and O–H groups in total. The minimum absolute atomic E-state index is 0.0924. The van der Waals surface area contributed by atoms with E-state index in [1.165, 1.54) is 45.3 Å². The fourth-order valence-electron chi connectivity index (χ4n) is 4.07. The molecule has 1 unspecified atom stereocenters. The average Bonchev–Trinajstić information content (AvgIpc) is 2.57. The van der Waals surface area contributed by atoms with Crippen LogP contribution in [0, 0.1) is 10.8 Å². The van der Waals surface area contributed by atoms with Gasteiger partial charge in [-0.15, -0.1) is 0 Å². The molecule has 1 aliphatic carbocycles. The Morgan fingerprint density at radius 1 is 1.17 bits per heavy atom. The molecule has 3 heteroatoms. The zero-order chi connectivity index (χ0) is 17.2. The van der Waals surface area contributed by atoms with Crippen LogP contribution in [-0.2, 0) is 0 Å². The van der Waals surface area contributed by atoms with Crippen LogP contribution in [0.4, 0.5) is 0 Å². The monoisotopic (exact) mass is 328 g/mol. The van der Waals surface area contributed by atoms with E-state index in [1.807, 2.05) is 30.3 Å². The first kappa shape index (κ1) is 17.5. The maximum Gasteiger partial charge on any atom is 0.251 e. The van der Waals surface area contributed by atoms with Gasteiger partial charge in [-0.2, -0.15) is 0 Å². The summed E-state index contributed by atoms with van der Waals surface area (Å²) in [7, 11) is 0. The smallest absolute Gasteiger partial charge is 0.251 e. The summed E-state index contributed by atoms with van der Waals surface area (Å²) in [6.07, 6.45) is 6.14. The number of nitrogens with zero attached hydrogens (tertiary/aromatic N) is 1. The van der Waals surface area contributed by atoms with Gasteiger partial charge in [-0.1, -0.05) is 39.0 Å². The molecule has 2 fully saturated rings. The predicted molar refractivity (Wildman–Crippen MR) is 99.1 cm³/mol. The lowest BCUT2D eigenvalue weighted by Gasteiger charge is -2.54. The van der Waals surface area contributed by atoms with Gasteiger partial charge in [0.2, 0.25) is 0 Å². The van der Waals surface area contributed by atoms with Gasteiger partial charge in [0.1, 0.15) is 0 Å². The van der Waals surface area contributed by atoms with Gasteiger partial charge >= 0.3 is 0 Å². The van der Waals surface area contributed by atoms with E-state index < -0.39 is 0 Å². The molecule has 0 radical (unpaired) electrons. The molecule has 2 aliphatic rings. The highest BCUT2D eigenvalue weighted by Gasteiger charge is 2.48. The van der Waals surface area contributed by atoms with Crippen molar-refractivity contribution in [2.24, 2.45) is 10.8 Å². The summed E-state index contributed by atoms with van der Waals surface area (Å²) < 4.78 is 0. The molecule has 1 atom stereocenters. The van der Waals surface area contributed by atoms with Gasteiger partial charge in [0.25, 0.3) is 5.91 Å². The van der Waals surface area contributed by atoms with E-state index in [1.54, 1.807) is 0 Å². The lowest BCUT2D eigenvalue weighted by Crippen LogP contribution is -2.59. The maximum atomic E-state index is 12.4. The van der Waals surface area contributed by atoms with Crippen molar-refractivity contribution in [1.29, 1.82) is 0 Å². The van der Waals surface area contributed by atoms with E-state index in [2.05, 4.69) is 31.0 Å². The Morgan fingerprint density at radius 3 is 2.38 bits per heavy atom. The number of amides is 1. The molecule has 1 amide bonds. The van der Waals surface area contributed by atoms with E-state index in [0.29, 0.717) is 16.9 Å². The van der Waals surface area contributed by atoms with Crippen LogP contribution >= 0.6 is 0 Å². The Kier molecular flexibility index (Phi) is 5.00. The van der Waals surface area contributed by atoms with Crippen molar-refractivity contribution in [3.63, 3.8) is 0 Å². The van der Waals surface area contributed by atoms with Crippen molar-refractivity contribution in [3.05, 3.63) is 35.9 Å². The van der Waals surface area contributed by atoms with Crippen LogP contribution in [-0.4, -0.2) is 36.5 Å². The lowest BCUT2D eigenvalue weighted by molar-refractivity contribution is -0.00704. The number of piperidine rings is 1. The van der Waals surface area contributed by atoms with Gasteiger partial charge in [0, 0.05) is 11.6 Å². The molecule has 3 rings (SSSR count). The normalized spacial score (nSPS) is 23.7. The third-order valence-corrected chi connectivity index (χ3v) is 6.04. The quantitative estimate of drug-likeness (QED) is 0.902. The summed E-state index contributed by atoms with van der Waals surface area (Å²) in [5.41, 5.74) is 1.56. The van der Waals surface area contributed by atoms with Crippen LogP contribution in [0.1, 0.15) is 63.2 Å². The van der Waals surface area contributed by atoms with Crippen molar-refractivity contribution >= 4 is 5.91 Å². The van der Waals surface area contributed by atoms with Gasteiger partial charge in [0.15, 0.2) is 0 Å². The summed E-state index contributed by atoms with van der Waals surface area (Å²) in [6, 6.07) is 9.98. The number of carbonyl (C=O) groups excluding carboxylic acids is 1. The number of carbonyl (C=O) groups is 1. The third kappa shape index (κ3) is 4.00. The number of rotatable bonds is 4. The highest BCUT2D eigenvalue weighted by molar-refractivity contribution is 5.94. The molecule has 1 aromatic carbocycles. The second kappa shape index (κ2) is 6.87. The number of benzene rings is 1. The highest BCUT2D eigenvalue weighted by Crippen LogP contribution is 2.49. The Morgan fingerprint density at radius 2 is 1.83 bits per heavy atom. The molecule has 1 aliphatic heterocycles. The number of hydrogen-bond acceptors (Lipinski definition) is 2. The SMILES string of the molecule is CC(C)(C)CCN1CCC2(CCC2NC(=O)c2ccccc2)CC1. The molecule has 0 aromatic heterocycles. The van der Waals surface area contributed by atoms with Crippen LogP contribution in [0.3, 0.4) is 0 Å². The number of likely N-dealkylation sites (tertiary alicyclic amines) is 1. The Labute approximate surface area is 146 Å². The molecule has 1 spiro atoms. The minimum Gasteiger partial charge on any atom is -0.349 e. The van der Waals surface area contributed by atoms with Crippen LogP contribution in [0.2, 0.25) is 0 Å². The van der Waals surface area contributed by atoms with Crippen molar-refractivity contribution in [1.82, 2.24) is 10.2 Å². The summed E-state index contributed by atoms with van der Waals surface area (Å²) in [5.74, 6) is 0.0924. The van der Waals surface area contributed by atoms with E-state index in [0.717, 1.165) is 12.0 Å². The van der Waals surface area contributed by atoms with Crippen LogP contribution in [0.15, 0.2) is 30.3 Å². The van der Waals surface area contributed by atoms with Crippen molar-refractivity contribution in [2.75, 3.05) is 19.6 Å². The van der Waals surface area contributed by atoms with E-state index >= 15 is 0 Å². The molecule has 24 heavy (non-hydrogen) atoms. The first-order valence-corrected chi connectivity index (χ1v) is 9.46. The molecular formula is C21H32N2O. The Hall–Kier alpha value is -1.35. The third-order valence-electron chi connectivity index (χ3n) is 6.04. The van der Waals surface area contributed by atoms with Crippen molar-refractivity contribution < 1.29 is 4.79 Å². The van der Waals surface area contributed by atoms with E-state index in [4.69, 9.17) is 0 Å². The second-order valence-corrected chi connectivity index (χ2v) is 8.95. The molecule has 1 aromatic rings. The van der Waals surface area contributed by atoms with Crippen molar-refractivity contribution in [2.45, 2.75) is 58.9 Å². The van der Waals surface area contributed by atoms with Gasteiger partial charge in [0.05, 0.1) is 0 Å². The summed E-state index contributed by atoms with van der Waals surface area (Å²) >= 11 is 0. The zero-order valence-corrected chi connectivity index (χ0v) is 15.5. The molecule has 1 heterocycles. The molecular weight excluding hydrogens is 296 g/mol. The minimum atomic E-state index is 0.0924. The Bertz CT molecular complexity index is 553.